The van der Waals surface area contributed by atoms with E-state index in [1.54, 1.807) is 0 Å². The molecule has 0 aliphatic carbocycles. The molecular weight excluding hydrogens is 172 g/mol. The molecule has 1 fully saturated rings. The lowest BCUT2D eigenvalue weighted by atomic mass is 10.1. The van der Waals surface area contributed by atoms with Crippen LogP contribution in [-0.2, 0) is 0 Å². The minimum absolute atomic E-state index is 0.286. The molecule has 1 heterocycles. The predicted molar refractivity (Wildman–Crippen MR) is 61.2 cm³/mol. The van der Waals surface area contributed by atoms with Gasteiger partial charge in [0.05, 0.1) is 6.04 Å². The summed E-state index contributed by atoms with van der Waals surface area (Å²) in [6.07, 6.45) is 9.18. The number of nitrogens with one attached hydrogen (secondary N) is 1. The van der Waals surface area contributed by atoms with Gasteiger partial charge in [-0.2, -0.15) is 0 Å². The van der Waals surface area contributed by atoms with Crippen LogP contribution >= 0.6 is 0 Å². The summed E-state index contributed by atoms with van der Waals surface area (Å²) in [6.45, 7) is 7.74. The highest BCUT2D eigenvalue weighted by Crippen LogP contribution is 2.08. The summed E-state index contributed by atoms with van der Waals surface area (Å²) in [5, 5.41) is 3.58. The van der Waals surface area contributed by atoms with Crippen LogP contribution in [0.25, 0.3) is 0 Å². The minimum Gasteiger partial charge on any atom is -0.313 e. The van der Waals surface area contributed by atoms with E-state index in [1.165, 1.54) is 19.3 Å². The zero-order chi connectivity index (χ0) is 10.4. The smallest absolute Gasteiger partial charge is 0.0683 e. The molecule has 0 saturated carbocycles. The molecule has 80 valence electrons. The lowest BCUT2D eigenvalue weighted by molar-refractivity contribution is 0.238. The molecule has 0 bridgehead atoms. The van der Waals surface area contributed by atoms with E-state index < -0.39 is 0 Å². The van der Waals surface area contributed by atoms with Crippen molar-refractivity contribution in [2.24, 2.45) is 0 Å². The van der Waals surface area contributed by atoms with Gasteiger partial charge in [-0.05, 0) is 26.3 Å². The average Bonchev–Trinajstić information content (AvgIpc) is 2.43. The van der Waals surface area contributed by atoms with Crippen LogP contribution in [-0.4, -0.2) is 36.6 Å². The van der Waals surface area contributed by atoms with Gasteiger partial charge in [0.15, 0.2) is 0 Å². The third-order valence-corrected chi connectivity index (χ3v) is 2.94. The fourth-order valence-corrected chi connectivity index (χ4v) is 2.03. The molecule has 1 rings (SSSR count). The largest absolute Gasteiger partial charge is 0.313 e. The molecule has 2 atom stereocenters. The average molecular weight is 194 g/mol. The molecule has 2 heteroatoms. The second-order valence-corrected chi connectivity index (χ2v) is 4.13. The summed E-state index contributed by atoms with van der Waals surface area (Å²) in [5.74, 6) is 2.82. The summed E-state index contributed by atoms with van der Waals surface area (Å²) in [4.78, 5) is 2.42. The molecule has 1 N–H and O–H groups in total. The van der Waals surface area contributed by atoms with E-state index in [0.29, 0.717) is 6.04 Å². The third kappa shape index (κ3) is 3.32. The Hall–Kier alpha value is -0.520. The standard InChI is InChI=1S/C12H22N2/c1-4-7-12-10-14(11(3)5-2)9-6-8-13-12/h2,11-13H,4,6-10H2,1,3H3. The summed E-state index contributed by atoms with van der Waals surface area (Å²) in [5.41, 5.74) is 0. The Morgan fingerprint density at radius 2 is 2.43 bits per heavy atom. The highest BCUT2D eigenvalue weighted by Gasteiger charge is 2.19. The minimum atomic E-state index is 0.286. The fourth-order valence-electron chi connectivity index (χ4n) is 2.03. The molecular formula is C12H22N2. The van der Waals surface area contributed by atoms with Gasteiger partial charge < -0.3 is 5.32 Å². The van der Waals surface area contributed by atoms with Gasteiger partial charge in [0.25, 0.3) is 0 Å². The second-order valence-electron chi connectivity index (χ2n) is 4.13. The van der Waals surface area contributed by atoms with Gasteiger partial charge in [-0.3, -0.25) is 4.90 Å². The predicted octanol–water partition coefficient (Wildman–Crippen LogP) is 1.47. The summed E-state index contributed by atoms with van der Waals surface area (Å²) in [7, 11) is 0. The van der Waals surface area contributed by atoms with E-state index in [2.05, 4.69) is 30.0 Å². The first-order valence-electron chi connectivity index (χ1n) is 5.71. The Morgan fingerprint density at radius 3 is 3.07 bits per heavy atom. The van der Waals surface area contributed by atoms with Crippen LogP contribution in [0.2, 0.25) is 0 Å². The number of hydrogen-bond acceptors (Lipinski definition) is 2. The van der Waals surface area contributed by atoms with Crippen molar-refractivity contribution >= 4 is 0 Å². The summed E-state index contributed by atoms with van der Waals surface area (Å²) < 4.78 is 0. The van der Waals surface area contributed by atoms with E-state index in [4.69, 9.17) is 6.42 Å². The van der Waals surface area contributed by atoms with Gasteiger partial charge in [-0.15, -0.1) is 6.42 Å². The summed E-state index contributed by atoms with van der Waals surface area (Å²) >= 11 is 0. The first-order valence-corrected chi connectivity index (χ1v) is 5.71. The van der Waals surface area contributed by atoms with Crippen LogP contribution < -0.4 is 5.32 Å². The molecule has 2 unspecified atom stereocenters. The van der Waals surface area contributed by atoms with Crippen LogP contribution in [0.5, 0.6) is 0 Å². The maximum Gasteiger partial charge on any atom is 0.0683 e. The quantitative estimate of drug-likeness (QED) is 0.685. The van der Waals surface area contributed by atoms with Crippen molar-refractivity contribution in [1.82, 2.24) is 10.2 Å². The number of terminal acetylenes is 1. The molecule has 0 aromatic carbocycles. The number of rotatable bonds is 3. The summed E-state index contributed by atoms with van der Waals surface area (Å²) in [6, 6.07) is 0.924. The Bertz CT molecular complexity index is 195. The highest BCUT2D eigenvalue weighted by atomic mass is 15.2. The number of hydrogen-bond donors (Lipinski definition) is 1. The van der Waals surface area contributed by atoms with Gasteiger partial charge in [-0.25, -0.2) is 0 Å². The Labute approximate surface area is 88.1 Å². The van der Waals surface area contributed by atoms with Crippen LogP contribution in [0.3, 0.4) is 0 Å². The van der Waals surface area contributed by atoms with Crippen LogP contribution in [0.4, 0.5) is 0 Å². The molecule has 0 spiro atoms. The zero-order valence-corrected chi connectivity index (χ0v) is 9.42. The lowest BCUT2D eigenvalue weighted by Gasteiger charge is -2.26. The second kappa shape index (κ2) is 6.06. The topological polar surface area (TPSA) is 15.3 Å². The third-order valence-electron chi connectivity index (χ3n) is 2.94. The lowest BCUT2D eigenvalue weighted by Crippen LogP contribution is -2.41. The zero-order valence-electron chi connectivity index (χ0n) is 9.42. The van der Waals surface area contributed by atoms with Gasteiger partial charge >= 0.3 is 0 Å². The van der Waals surface area contributed by atoms with Crippen LogP contribution in [0.1, 0.15) is 33.1 Å². The first-order chi connectivity index (χ1) is 6.77. The molecule has 0 aromatic heterocycles. The molecule has 0 radical (unpaired) electrons. The first kappa shape index (κ1) is 11.6. The molecule has 0 aromatic rings. The van der Waals surface area contributed by atoms with E-state index in [9.17, 15) is 0 Å². The van der Waals surface area contributed by atoms with Crippen LogP contribution in [0, 0.1) is 12.3 Å². The normalized spacial score (nSPS) is 26.5. The number of nitrogens with zero attached hydrogens (tertiary/aromatic N) is 1. The van der Waals surface area contributed by atoms with Crippen molar-refractivity contribution in [3.8, 4) is 12.3 Å². The molecule has 1 aliphatic rings. The fraction of sp³-hybridized carbons (Fsp3) is 0.833. The molecule has 2 nitrogen and oxygen atoms in total. The van der Waals surface area contributed by atoms with Gasteiger partial charge in [-0.1, -0.05) is 19.3 Å². The molecule has 1 saturated heterocycles. The SMILES string of the molecule is C#CC(C)N1CCCNC(CCC)C1. The van der Waals surface area contributed by atoms with Gasteiger partial charge in [0.2, 0.25) is 0 Å². The van der Waals surface area contributed by atoms with Crippen molar-refractivity contribution in [2.75, 3.05) is 19.6 Å². The van der Waals surface area contributed by atoms with Crippen molar-refractivity contribution in [3.05, 3.63) is 0 Å². The van der Waals surface area contributed by atoms with Gasteiger partial charge in [0.1, 0.15) is 0 Å². The Morgan fingerprint density at radius 1 is 1.64 bits per heavy atom. The molecule has 14 heavy (non-hydrogen) atoms. The van der Waals surface area contributed by atoms with Crippen molar-refractivity contribution in [2.45, 2.75) is 45.2 Å². The molecule has 0 amide bonds. The van der Waals surface area contributed by atoms with E-state index in [0.717, 1.165) is 19.6 Å². The van der Waals surface area contributed by atoms with Crippen molar-refractivity contribution in [1.29, 1.82) is 0 Å². The highest BCUT2D eigenvalue weighted by molar-refractivity contribution is 4.98. The molecule has 1 aliphatic heterocycles. The maximum atomic E-state index is 5.46. The monoisotopic (exact) mass is 194 g/mol. The van der Waals surface area contributed by atoms with Gasteiger partial charge in [0, 0.05) is 19.1 Å². The van der Waals surface area contributed by atoms with E-state index in [-0.39, 0.29) is 6.04 Å². The maximum absolute atomic E-state index is 5.46. The van der Waals surface area contributed by atoms with Crippen molar-refractivity contribution in [3.63, 3.8) is 0 Å². The Balaban J connectivity index is 2.47. The van der Waals surface area contributed by atoms with Crippen molar-refractivity contribution < 1.29 is 0 Å². The van der Waals surface area contributed by atoms with E-state index >= 15 is 0 Å². The Kier molecular flexibility index (Phi) is 5.00. The van der Waals surface area contributed by atoms with E-state index in [1.807, 2.05) is 0 Å². The van der Waals surface area contributed by atoms with Crippen LogP contribution in [0.15, 0.2) is 0 Å².